The molecule has 0 atom stereocenters. The van der Waals surface area contributed by atoms with Crippen LogP contribution in [0.5, 0.6) is 11.5 Å². The van der Waals surface area contributed by atoms with Gasteiger partial charge in [0.1, 0.15) is 10.7 Å². The molecule has 1 fully saturated rings. The Kier molecular flexibility index (Phi) is 7.60. The Morgan fingerprint density at radius 2 is 1.69 bits per heavy atom. The first-order chi connectivity index (χ1) is 17.1. The fourth-order valence-corrected chi connectivity index (χ4v) is 5.45. The minimum absolute atomic E-state index is 0.00294. The predicted molar refractivity (Wildman–Crippen MR) is 135 cm³/mol. The van der Waals surface area contributed by atoms with Crippen LogP contribution in [0.4, 0.5) is 9.18 Å². The number of methoxy groups -OCH3 is 1. The van der Waals surface area contributed by atoms with E-state index in [0.717, 1.165) is 16.7 Å². The maximum atomic E-state index is 13.1. The molecule has 1 saturated heterocycles. The molecule has 186 valence electrons. The largest absolute Gasteiger partial charge is 0.493 e. The van der Waals surface area contributed by atoms with Gasteiger partial charge in [-0.25, -0.2) is 4.39 Å². The van der Waals surface area contributed by atoms with E-state index in [1.807, 2.05) is 0 Å². The van der Waals surface area contributed by atoms with Crippen molar-refractivity contribution >= 4 is 62.3 Å². The molecule has 7 nitrogen and oxygen atoms in total. The zero-order valence-corrected chi connectivity index (χ0v) is 21.5. The third-order valence-electron chi connectivity index (χ3n) is 4.97. The molecule has 1 heterocycles. The highest BCUT2D eigenvalue weighted by Crippen LogP contribution is 2.40. The fraction of sp³-hybridized carbons (Fsp3) is 0.0833. The standard InChI is InChI=1S/C24H16Cl2FNO6S2/c1-33-20-11-15(10-19(26)22(20)34-36(31,32)18-8-4-16(25)5-9-18)12-21-23(29)28(24(30)35-21)13-14-2-6-17(27)7-3-14/h2-12H,13H2,1H3/b21-12-. The van der Waals surface area contributed by atoms with Gasteiger partial charge in [-0.3, -0.25) is 14.5 Å². The van der Waals surface area contributed by atoms with Gasteiger partial charge in [-0.05, 0) is 77.5 Å². The Labute approximate surface area is 220 Å². The van der Waals surface area contributed by atoms with E-state index in [9.17, 15) is 22.4 Å². The van der Waals surface area contributed by atoms with Crippen LogP contribution < -0.4 is 8.92 Å². The van der Waals surface area contributed by atoms with Gasteiger partial charge in [-0.1, -0.05) is 35.3 Å². The van der Waals surface area contributed by atoms with E-state index in [4.69, 9.17) is 32.1 Å². The summed E-state index contributed by atoms with van der Waals surface area (Å²) in [6.07, 6.45) is 1.43. The number of ether oxygens (including phenoxy) is 1. The van der Waals surface area contributed by atoms with Crippen molar-refractivity contribution in [3.05, 3.63) is 92.6 Å². The number of imide groups is 1. The van der Waals surface area contributed by atoms with Crippen LogP contribution in [-0.2, 0) is 21.5 Å². The van der Waals surface area contributed by atoms with Crippen LogP contribution in [0.15, 0.2) is 70.5 Å². The Morgan fingerprint density at radius 1 is 1.03 bits per heavy atom. The predicted octanol–water partition coefficient (Wildman–Crippen LogP) is 6.15. The number of carbonyl (C=O) groups is 2. The van der Waals surface area contributed by atoms with Crippen LogP contribution in [0.2, 0.25) is 10.0 Å². The molecule has 1 aliphatic rings. The summed E-state index contributed by atoms with van der Waals surface area (Å²) in [5, 5.41) is -0.220. The molecule has 0 aliphatic carbocycles. The second-order valence-electron chi connectivity index (χ2n) is 7.42. The molecule has 0 aromatic heterocycles. The third-order valence-corrected chi connectivity index (χ3v) is 7.65. The topological polar surface area (TPSA) is 90.0 Å². The first-order valence-electron chi connectivity index (χ1n) is 10.1. The molecule has 4 rings (SSSR count). The van der Waals surface area contributed by atoms with E-state index < -0.39 is 27.1 Å². The molecule has 0 saturated carbocycles. The molecule has 12 heteroatoms. The lowest BCUT2D eigenvalue weighted by molar-refractivity contribution is -0.123. The summed E-state index contributed by atoms with van der Waals surface area (Å²) in [6, 6.07) is 13.7. The van der Waals surface area contributed by atoms with Crippen molar-refractivity contribution in [1.29, 1.82) is 0 Å². The Balaban J connectivity index is 1.59. The summed E-state index contributed by atoms with van der Waals surface area (Å²) in [4.78, 5) is 26.3. The van der Waals surface area contributed by atoms with E-state index in [2.05, 4.69) is 0 Å². The third kappa shape index (κ3) is 5.67. The summed E-state index contributed by atoms with van der Waals surface area (Å²) >= 11 is 12.9. The number of halogens is 3. The number of hydrogen-bond donors (Lipinski definition) is 0. The molecule has 0 bridgehead atoms. The SMILES string of the molecule is COc1cc(/C=C2\SC(=O)N(Cc3ccc(F)cc3)C2=O)cc(Cl)c1OS(=O)(=O)c1ccc(Cl)cc1. The molecule has 0 unspecified atom stereocenters. The van der Waals surface area contributed by atoms with Crippen molar-refractivity contribution in [2.45, 2.75) is 11.4 Å². The normalized spacial score (nSPS) is 15.0. The molecular weight excluding hydrogens is 552 g/mol. The van der Waals surface area contributed by atoms with Crippen LogP contribution in [0.3, 0.4) is 0 Å². The molecular formula is C24H16Cl2FNO6S2. The maximum absolute atomic E-state index is 13.1. The molecule has 1 aliphatic heterocycles. The van der Waals surface area contributed by atoms with E-state index in [1.54, 1.807) is 0 Å². The number of hydrogen-bond acceptors (Lipinski definition) is 7. The number of rotatable bonds is 7. The van der Waals surface area contributed by atoms with Crippen LogP contribution in [0.25, 0.3) is 6.08 Å². The van der Waals surface area contributed by atoms with E-state index in [0.29, 0.717) is 16.1 Å². The van der Waals surface area contributed by atoms with E-state index in [1.165, 1.54) is 73.8 Å². The van der Waals surface area contributed by atoms with Crippen molar-refractivity contribution in [3.63, 3.8) is 0 Å². The number of benzene rings is 3. The molecule has 0 spiro atoms. The average Bonchev–Trinajstić information content (AvgIpc) is 3.09. The highest BCUT2D eigenvalue weighted by molar-refractivity contribution is 8.18. The van der Waals surface area contributed by atoms with Crippen LogP contribution in [0.1, 0.15) is 11.1 Å². The summed E-state index contributed by atoms with van der Waals surface area (Å²) in [5.74, 6) is -1.20. The zero-order chi connectivity index (χ0) is 26.0. The minimum Gasteiger partial charge on any atom is -0.493 e. The molecule has 0 N–H and O–H groups in total. The fourth-order valence-electron chi connectivity index (χ4n) is 3.22. The van der Waals surface area contributed by atoms with Crippen LogP contribution >= 0.6 is 35.0 Å². The first kappa shape index (κ1) is 26.0. The summed E-state index contributed by atoms with van der Waals surface area (Å²) in [7, 11) is -2.95. The van der Waals surface area contributed by atoms with Crippen molar-refractivity contribution in [2.75, 3.05) is 7.11 Å². The summed E-state index contributed by atoms with van der Waals surface area (Å²) in [5.41, 5.74) is 0.966. The molecule has 3 aromatic carbocycles. The van der Waals surface area contributed by atoms with Crippen molar-refractivity contribution < 1.29 is 31.3 Å². The molecule has 3 aromatic rings. The lowest BCUT2D eigenvalue weighted by Gasteiger charge is -2.13. The highest BCUT2D eigenvalue weighted by atomic mass is 35.5. The maximum Gasteiger partial charge on any atom is 0.339 e. The highest BCUT2D eigenvalue weighted by Gasteiger charge is 2.35. The number of amides is 2. The Hall–Kier alpha value is -3.05. The van der Waals surface area contributed by atoms with Crippen molar-refractivity contribution in [3.8, 4) is 11.5 Å². The second kappa shape index (κ2) is 10.5. The van der Waals surface area contributed by atoms with Crippen LogP contribution in [0, 0.1) is 5.82 Å². The smallest absolute Gasteiger partial charge is 0.339 e. The number of nitrogens with zero attached hydrogens (tertiary/aromatic N) is 1. The minimum atomic E-state index is -4.25. The Morgan fingerprint density at radius 3 is 2.33 bits per heavy atom. The van der Waals surface area contributed by atoms with Gasteiger partial charge in [0.05, 0.1) is 23.6 Å². The monoisotopic (exact) mass is 567 g/mol. The zero-order valence-electron chi connectivity index (χ0n) is 18.4. The van der Waals surface area contributed by atoms with Gasteiger partial charge in [-0.2, -0.15) is 8.42 Å². The lowest BCUT2D eigenvalue weighted by Crippen LogP contribution is -2.27. The number of carbonyl (C=O) groups excluding carboxylic acids is 2. The molecule has 36 heavy (non-hydrogen) atoms. The quantitative estimate of drug-likeness (QED) is 0.250. The van der Waals surface area contributed by atoms with Crippen LogP contribution in [-0.4, -0.2) is 31.6 Å². The van der Waals surface area contributed by atoms with Crippen molar-refractivity contribution in [2.24, 2.45) is 0 Å². The molecule has 2 amide bonds. The van der Waals surface area contributed by atoms with Gasteiger partial charge < -0.3 is 8.92 Å². The van der Waals surface area contributed by atoms with Gasteiger partial charge in [0.2, 0.25) is 5.75 Å². The van der Waals surface area contributed by atoms with E-state index in [-0.39, 0.29) is 32.9 Å². The van der Waals surface area contributed by atoms with Gasteiger partial charge in [0.15, 0.2) is 5.75 Å². The van der Waals surface area contributed by atoms with Gasteiger partial charge >= 0.3 is 10.1 Å². The molecule has 0 radical (unpaired) electrons. The summed E-state index contributed by atoms with van der Waals surface area (Å²) < 4.78 is 49.0. The number of thioether (sulfide) groups is 1. The second-order valence-corrected chi connectivity index (χ2v) is 10.8. The Bertz CT molecular complexity index is 1480. The summed E-state index contributed by atoms with van der Waals surface area (Å²) in [6.45, 7) is -0.0122. The van der Waals surface area contributed by atoms with Gasteiger partial charge in [-0.15, -0.1) is 0 Å². The lowest BCUT2D eigenvalue weighted by atomic mass is 10.1. The average molecular weight is 568 g/mol. The first-order valence-corrected chi connectivity index (χ1v) is 13.1. The van der Waals surface area contributed by atoms with Crippen molar-refractivity contribution in [1.82, 2.24) is 4.90 Å². The van der Waals surface area contributed by atoms with E-state index >= 15 is 0 Å². The van der Waals surface area contributed by atoms with Gasteiger partial charge in [0.25, 0.3) is 11.1 Å². The van der Waals surface area contributed by atoms with Gasteiger partial charge in [0, 0.05) is 5.02 Å².